The molecule has 28 heavy (non-hydrogen) atoms. The van der Waals surface area contributed by atoms with Crippen molar-refractivity contribution in [3.8, 4) is 0 Å². The van der Waals surface area contributed by atoms with Crippen LogP contribution in [-0.4, -0.2) is 44.4 Å². The number of hydrogen-bond donors (Lipinski definition) is 3. The minimum Gasteiger partial charge on any atom is -0.386 e. The van der Waals surface area contributed by atoms with Crippen molar-refractivity contribution < 1.29 is 22.7 Å². The Morgan fingerprint density at radius 2 is 1.75 bits per heavy atom. The molecule has 0 spiro atoms. The number of halogens is 4. The third kappa shape index (κ3) is 4.89. The third-order valence-electron chi connectivity index (χ3n) is 5.19. The lowest BCUT2D eigenvalue weighted by atomic mass is 9.96. The minimum atomic E-state index is -4.47. The Morgan fingerprint density at radius 3 is 2.39 bits per heavy atom. The Labute approximate surface area is 160 Å². The smallest absolute Gasteiger partial charge is 0.386 e. The summed E-state index contributed by atoms with van der Waals surface area (Å²) in [6.45, 7) is 1.41. The van der Waals surface area contributed by atoms with E-state index in [2.05, 4.69) is 25.6 Å². The van der Waals surface area contributed by atoms with Gasteiger partial charge in [0.2, 0.25) is 11.9 Å². The van der Waals surface area contributed by atoms with Gasteiger partial charge in [0.05, 0.1) is 0 Å². The second kappa shape index (κ2) is 8.59. The molecule has 10 heteroatoms. The van der Waals surface area contributed by atoms with Crippen LogP contribution < -0.4 is 10.6 Å². The standard InChI is InChI=1S/C18H25F4N5O/c1-2-13(18(20,21)22)24-17-26-15(11-8-5-9-12(28)14(11)19)25-16(27-17)23-10-6-3-4-7-10/h10,12-13,28H,2-9H2,1H3,(H2,23,24,25,26,27)/t12?,13-/m1/s1. The molecule has 0 aliphatic heterocycles. The molecule has 1 aromatic rings. The fraction of sp³-hybridized carbons (Fsp3) is 0.722. The van der Waals surface area contributed by atoms with Crippen LogP contribution in [-0.2, 0) is 0 Å². The molecular weight excluding hydrogens is 378 g/mol. The molecule has 0 bridgehead atoms. The lowest BCUT2D eigenvalue weighted by molar-refractivity contribution is -0.143. The van der Waals surface area contributed by atoms with Crippen LogP contribution in [0.3, 0.4) is 0 Å². The summed E-state index contributed by atoms with van der Waals surface area (Å²) in [6.07, 6.45) is -0.809. The first-order valence-electron chi connectivity index (χ1n) is 9.70. The largest absolute Gasteiger partial charge is 0.408 e. The van der Waals surface area contributed by atoms with Gasteiger partial charge in [-0.2, -0.15) is 28.1 Å². The first kappa shape index (κ1) is 20.8. The highest BCUT2D eigenvalue weighted by molar-refractivity contribution is 5.65. The third-order valence-corrected chi connectivity index (χ3v) is 5.19. The predicted molar refractivity (Wildman–Crippen MR) is 97.3 cm³/mol. The van der Waals surface area contributed by atoms with Crippen molar-refractivity contribution >= 4 is 17.5 Å². The van der Waals surface area contributed by atoms with Gasteiger partial charge < -0.3 is 15.7 Å². The summed E-state index contributed by atoms with van der Waals surface area (Å²) >= 11 is 0. The summed E-state index contributed by atoms with van der Waals surface area (Å²) in [4.78, 5) is 12.4. The van der Waals surface area contributed by atoms with E-state index < -0.39 is 24.1 Å². The Bertz CT molecular complexity index is 718. The van der Waals surface area contributed by atoms with Crippen LogP contribution in [0.1, 0.15) is 64.1 Å². The maximum absolute atomic E-state index is 14.4. The van der Waals surface area contributed by atoms with E-state index in [0.717, 1.165) is 25.7 Å². The lowest BCUT2D eigenvalue weighted by Crippen LogP contribution is -2.36. The first-order valence-corrected chi connectivity index (χ1v) is 9.70. The minimum absolute atomic E-state index is 0.0359. The number of anilines is 2. The Morgan fingerprint density at radius 1 is 1.07 bits per heavy atom. The lowest BCUT2D eigenvalue weighted by Gasteiger charge is -2.22. The second-order valence-corrected chi connectivity index (χ2v) is 7.31. The van der Waals surface area contributed by atoms with E-state index in [4.69, 9.17) is 0 Å². The molecule has 156 valence electrons. The summed E-state index contributed by atoms with van der Waals surface area (Å²) in [6, 6.07) is -1.69. The van der Waals surface area contributed by atoms with Gasteiger partial charge in [0.15, 0.2) is 5.82 Å². The zero-order chi connectivity index (χ0) is 20.3. The SMILES string of the molecule is CC[C@@H](Nc1nc(NC2CCCC2)nc(C2=C(F)C(O)CCC2)n1)C(F)(F)F. The van der Waals surface area contributed by atoms with E-state index in [1.54, 1.807) is 0 Å². The number of aliphatic hydroxyl groups excluding tert-OH is 1. The van der Waals surface area contributed by atoms with E-state index in [9.17, 15) is 22.7 Å². The van der Waals surface area contributed by atoms with E-state index >= 15 is 0 Å². The van der Waals surface area contributed by atoms with Gasteiger partial charge in [-0.3, -0.25) is 0 Å². The average Bonchev–Trinajstić information content (AvgIpc) is 3.13. The summed E-state index contributed by atoms with van der Waals surface area (Å²) in [5.41, 5.74) is 0.124. The van der Waals surface area contributed by atoms with Gasteiger partial charge in [-0.05, 0) is 38.5 Å². The number of aromatic nitrogens is 3. The zero-order valence-corrected chi connectivity index (χ0v) is 15.7. The van der Waals surface area contributed by atoms with E-state index in [0.29, 0.717) is 19.3 Å². The van der Waals surface area contributed by atoms with E-state index in [-0.39, 0.29) is 35.8 Å². The van der Waals surface area contributed by atoms with Crippen LogP contribution in [0.15, 0.2) is 5.83 Å². The maximum atomic E-state index is 14.4. The molecule has 0 saturated heterocycles. The fourth-order valence-corrected chi connectivity index (χ4v) is 3.60. The van der Waals surface area contributed by atoms with Crippen LogP contribution in [0.4, 0.5) is 29.5 Å². The molecule has 3 rings (SSSR count). The van der Waals surface area contributed by atoms with Crippen molar-refractivity contribution in [1.82, 2.24) is 15.0 Å². The maximum Gasteiger partial charge on any atom is 0.408 e. The number of hydrogen-bond acceptors (Lipinski definition) is 6. The van der Waals surface area contributed by atoms with Gasteiger partial charge >= 0.3 is 6.18 Å². The number of allylic oxidation sites excluding steroid dienone is 1. The van der Waals surface area contributed by atoms with Crippen LogP contribution >= 0.6 is 0 Å². The van der Waals surface area contributed by atoms with Crippen molar-refractivity contribution in [2.45, 2.75) is 82.7 Å². The molecule has 0 radical (unpaired) electrons. The fourth-order valence-electron chi connectivity index (χ4n) is 3.60. The molecule has 2 atom stereocenters. The van der Waals surface area contributed by atoms with Crippen LogP contribution in [0.5, 0.6) is 0 Å². The molecular formula is C18H25F4N5O. The first-order chi connectivity index (χ1) is 13.3. The second-order valence-electron chi connectivity index (χ2n) is 7.31. The monoisotopic (exact) mass is 403 g/mol. The van der Waals surface area contributed by atoms with Crippen LogP contribution in [0.2, 0.25) is 0 Å². The molecule has 2 aliphatic rings. The van der Waals surface area contributed by atoms with Gasteiger partial charge in [0.25, 0.3) is 0 Å². The number of nitrogens with one attached hydrogen (secondary N) is 2. The number of alkyl halides is 3. The van der Waals surface area contributed by atoms with Crippen LogP contribution in [0, 0.1) is 0 Å². The van der Waals surface area contributed by atoms with E-state index in [1.807, 2.05) is 0 Å². The zero-order valence-electron chi connectivity index (χ0n) is 15.7. The molecule has 3 N–H and O–H groups in total. The van der Waals surface area contributed by atoms with Crippen molar-refractivity contribution in [3.63, 3.8) is 0 Å². The Balaban J connectivity index is 1.95. The summed E-state index contributed by atoms with van der Waals surface area (Å²) in [7, 11) is 0. The summed E-state index contributed by atoms with van der Waals surface area (Å²) < 4.78 is 53.9. The molecule has 0 amide bonds. The van der Waals surface area contributed by atoms with Crippen LogP contribution in [0.25, 0.3) is 5.57 Å². The number of aliphatic hydroxyl groups is 1. The van der Waals surface area contributed by atoms with Crippen molar-refractivity contribution in [1.29, 1.82) is 0 Å². The molecule has 1 aromatic heterocycles. The highest BCUT2D eigenvalue weighted by atomic mass is 19.4. The van der Waals surface area contributed by atoms with Crippen molar-refractivity contribution in [3.05, 3.63) is 11.7 Å². The summed E-state index contributed by atoms with van der Waals surface area (Å²) in [5.74, 6) is -0.892. The molecule has 1 unspecified atom stereocenters. The summed E-state index contributed by atoms with van der Waals surface area (Å²) in [5, 5.41) is 15.2. The Hall–Kier alpha value is -1.97. The molecule has 1 heterocycles. The number of rotatable bonds is 6. The van der Waals surface area contributed by atoms with Gasteiger partial charge in [0.1, 0.15) is 18.0 Å². The molecule has 1 fully saturated rings. The van der Waals surface area contributed by atoms with E-state index in [1.165, 1.54) is 6.92 Å². The molecule has 6 nitrogen and oxygen atoms in total. The van der Waals surface area contributed by atoms with Gasteiger partial charge in [0, 0.05) is 11.6 Å². The molecule has 0 aromatic carbocycles. The highest BCUT2D eigenvalue weighted by Gasteiger charge is 2.39. The molecule has 2 aliphatic carbocycles. The van der Waals surface area contributed by atoms with Crippen molar-refractivity contribution in [2.24, 2.45) is 0 Å². The highest BCUT2D eigenvalue weighted by Crippen LogP contribution is 2.33. The Kier molecular flexibility index (Phi) is 6.36. The molecule has 1 saturated carbocycles. The predicted octanol–water partition coefficient (Wildman–Crippen LogP) is 4.20. The quantitative estimate of drug-likeness (QED) is 0.618. The topological polar surface area (TPSA) is 83.0 Å². The van der Waals surface area contributed by atoms with Crippen molar-refractivity contribution in [2.75, 3.05) is 10.6 Å². The van der Waals surface area contributed by atoms with Gasteiger partial charge in [-0.15, -0.1) is 0 Å². The average molecular weight is 403 g/mol. The van der Waals surface area contributed by atoms with Gasteiger partial charge in [-0.25, -0.2) is 4.39 Å². The van der Waals surface area contributed by atoms with Gasteiger partial charge in [-0.1, -0.05) is 19.8 Å². The number of nitrogens with zero attached hydrogens (tertiary/aromatic N) is 3. The normalized spacial score (nSPS) is 22.4.